The van der Waals surface area contributed by atoms with Crippen LogP contribution in [0.25, 0.3) is 0 Å². The van der Waals surface area contributed by atoms with Gasteiger partial charge in [0.05, 0.1) is 0 Å². The number of hydrogen-bond acceptors (Lipinski definition) is 2. The van der Waals surface area contributed by atoms with Crippen LogP contribution in [-0.4, -0.2) is 11.3 Å². The molecule has 0 amide bonds. The fraction of sp³-hybridized carbons (Fsp3) is 0.381. The van der Waals surface area contributed by atoms with Crippen molar-refractivity contribution in [3.05, 3.63) is 71.3 Å². The summed E-state index contributed by atoms with van der Waals surface area (Å²) in [5.41, 5.74) is 2.83. The van der Waals surface area contributed by atoms with E-state index >= 15 is 0 Å². The molecule has 0 aromatic heterocycles. The number of ketones is 1. The van der Waals surface area contributed by atoms with Crippen molar-refractivity contribution < 1.29 is 4.79 Å². The highest BCUT2D eigenvalue weighted by Gasteiger charge is 2.43. The van der Waals surface area contributed by atoms with Gasteiger partial charge in [-0.25, -0.2) is 0 Å². The van der Waals surface area contributed by atoms with Crippen molar-refractivity contribution >= 4 is 5.78 Å². The number of benzene rings is 2. The van der Waals surface area contributed by atoms with Crippen LogP contribution in [0.5, 0.6) is 0 Å². The number of hydrogen-bond donors (Lipinski definition) is 1. The maximum atomic E-state index is 13.1. The SMILES string of the molecule is CC1(C)Cc2ccccc2C(C(C)(C)C(=O)c2ccccc2)N1. The molecule has 1 heterocycles. The number of carbonyl (C=O) groups excluding carboxylic acids is 1. The highest BCUT2D eigenvalue weighted by atomic mass is 16.1. The Hall–Kier alpha value is -1.93. The molecule has 0 fully saturated rings. The van der Waals surface area contributed by atoms with Gasteiger partial charge in [-0.05, 0) is 31.4 Å². The maximum Gasteiger partial charge on any atom is 0.170 e. The van der Waals surface area contributed by atoms with Gasteiger partial charge in [0.2, 0.25) is 0 Å². The zero-order valence-electron chi connectivity index (χ0n) is 14.4. The summed E-state index contributed by atoms with van der Waals surface area (Å²) in [6, 6.07) is 18.1. The molecule has 0 bridgehead atoms. The molecule has 2 nitrogen and oxygen atoms in total. The van der Waals surface area contributed by atoms with Crippen molar-refractivity contribution in [1.82, 2.24) is 5.32 Å². The molecule has 2 heteroatoms. The summed E-state index contributed by atoms with van der Waals surface area (Å²) >= 11 is 0. The van der Waals surface area contributed by atoms with Gasteiger partial charge in [0, 0.05) is 22.6 Å². The van der Waals surface area contributed by atoms with Crippen molar-refractivity contribution in [2.75, 3.05) is 0 Å². The molecule has 0 saturated carbocycles. The molecule has 1 N–H and O–H groups in total. The van der Waals surface area contributed by atoms with E-state index in [0.29, 0.717) is 0 Å². The molecule has 3 rings (SSSR count). The first-order valence-electron chi connectivity index (χ1n) is 8.27. The van der Waals surface area contributed by atoms with Gasteiger partial charge in [-0.15, -0.1) is 0 Å². The number of nitrogens with one attached hydrogen (secondary N) is 1. The molecule has 2 aromatic rings. The highest BCUT2D eigenvalue weighted by Crippen LogP contribution is 2.42. The van der Waals surface area contributed by atoms with Gasteiger partial charge in [-0.2, -0.15) is 0 Å². The highest BCUT2D eigenvalue weighted by molar-refractivity contribution is 6.00. The number of fused-ring (bicyclic) bond motifs is 1. The molecule has 0 saturated heterocycles. The molecule has 1 atom stereocenters. The monoisotopic (exact) mass is 307 g/mol. The first kappa shape index (κ1) is 15.9. The van der Waals surface area contributed by atoms with Crippen LogP contribution in [0.2, 0.25) is 0 Å². The third-order valence-corrected chi connectivity index (χ3v) is 4.88. The summed E-state index contributed by atoms with van der Waals surface area (Å²) in [5.74, 6) is 0.183. The third kappa shape index (κ3) is 2.96. The molecule has 1 aliphatic heterocycles. The van der Waals surface area contributed by atoms with Crippen molar-refractivity contribution in [3.8, 4) is 0 Å². The van der Waals surface area contributed by atoms with Crippen LogP contribution in [0.3, 0.4) is 0 Å². The lowest BCUT2D eigenvalue weighted by Crippen LogP contribution is -2.53. The Labute approximate surface area is 138 Å². The molecule has 0 aliphatic carbocycles. The average Bonchev–Trinajstić information content (AvgIpc) is 2.53. The molecule has 23 heavy (non-hydrogen) atoms. The van der Waals surface area contributed by atoms with Crippen molar-refractivity contribution in [1.29, 1.82) is 0 Å². The van der Waals surface area contributed by atoms with E-state index in [4.69, 9.17) is 0 Å². The zero-order chi connectivity index (χ0) is 16.7. The van der Waals surface area contributed by atoms with Crippen LogP contribution in [0, 0.1) is 5.41 Å². The van der Waals surface area contributed by atoms with Crippen LogP contribution in [0.15, 0.2) is 54.6 Å². The second-order valence-electron chi connectivity index (χ2n) is 7.75. The minimum atomic E-state index is -0.519. The van der Waals surface area contributed by atoms with E-state index in [0.717, 1.165) is 12.0 Å². The molecule has 120 valence electrons. The molecular weight excluding hydrogens is 282 g/mol. The minimum Gasteiger partial charge on any atom is -0.304 e. The topological polar surface area (TPSA) is 29.1 Å². The molecule has 0 spiro atoms. The number of carbonyl (C=O) groups is 1. The van der Waals surface area contributed by atoms with Gasteiger partial charge in [0.1, 0.15) is 0 Å². The quantitative estimate of drug-likeness (QED) is 0.842. The number of Topliss-reactive ketones (excluding diaryl/α,β-unsaturated/α-hetero) is 1. The zero-order valence-corrected chi connectivity index (χ0v) is 14.4. The fourth-order valence-electron chi connectivity index (χ4n) is 3.63. The van der Waals surface area contributed by atoms with Gasteiger partial charge < -0.3 is 5.32 Å². The summed E-state index contributed by atoms with van der Waals surface area (Å²) in [4.78, 5) is 13.1. The Kier molecular flexibility index (Phi) is 3.89. The van der Waals surface area contributed by atoms with E-state index in [1.807, 2.05) is 30.3 Å². The van der Waals surface area contributed by atoms with Gasteiger partial charge in [-0.1, -0.05) is 68.4 Å². The number of rotatable bonds is 3. The first-order valence-corrected chi connectivity index (χ1v) is 8.27. The van der Waals surface area contributed by atoms with Crippen molar-refractivity contribution in [3.63, 3.8) is 0 Å². The summed E-state index contributed by atoms with van der Waals surface area (Å²) in [5, 5.41) is 3.72. The summed E-state index contributed by atoms with van der Waals surface area (Å²) in [6.45, 7) is 8.52. The second-order valence-corrected chi connectivity index (χ2v) is 7.75. The van der Waals surface area contributed by atoms with Crippen LogP contribution < -0.4 is 5.32 Å². The predicted octanol–water partition coefficient (Wildman–Crippen LogP) is 4.56. The van der Waals surface area contributed by atoms with Gasteiger partial charge in [0.15, 0.2) is 5.78 Å². The van der Waals surface area contributed by atoms with Gasteiger partial charge in [-0.3, -0.25) is 4.79 Å². The average molecular weight is 307 g/mol. The van der Waals surface area contributed by atoms with Crippen LogP contribution in [0.1, 0.15) is 55.2 Å². The van der Waals surface area contributed by atoms with E-state index in [-0.39, 0.29) is 17.4 Å². The molecule has 1 aliphatic rings. The van der Waals surface area contributed by atoms with Gasteiger partial charge in [0.25, 0.3) is 0 Å². The third-order valence-electron chi connectivity index (χ3n) is 4.88. The normalized spacial score (nSPS) is 19.9. The Morgan fingerprint density at radius 1 is 1.04 bits per heavy atom. The Bertz CT molecular complexity index is 716. The van der Waals surface area contributed by atoms with Gasteiger partial charge >= 0.3 is 0 Å². The van der Waals surface area contributed by atoms with E-state index in [2.05, 4.69) is 57.3 Å². The smallest absolute Gasteiger partial charge is 0.170 e. The lowest BCUT2D eigenvalue weighted by molar-refractivity contribution is 0.0739. The standard InChI is InChI=1S/C21H25NO/c1-20(2)14-16-12-8-9-13-17(16)18(22-20)21(3,4)19(23)15-10-6-5-7-11-15/h5-13,18,22H,14H2,1-4H3. The largest absolute Gasteiger partial charge is 0.304 e. The van der Waals surface area contributed by atoms with Crippen LogP contribution >= 0.6 is 0 Å². The fourth-order valence-corrected chi connectivity index (χ4v) is 3.63. The lowest BCUT2D eigenvalue weighted by atomic mass is 9.70. The van der Waals surface area contributed by atoms with Crippen molar-refractivity contribution in [2.45, 2.75) is 45.7 Å². The van der Waals surface area contributed by atoms with Crippen molar-refractivity contribution in [2.24, 2.45) is 5.41 Å². The van der Waals surface area contributed by atoms with E-state index < -0.39 is 5.41 Å². The minimum absolute atomic E-state index is 0.00940. The van der Waals surface area contributed by atoms with Crippen LogP contribution in [0.4, 0.5) is 0 Å². The summed E-state index contributed by atoms with van der Waals surface area (Å²) in [7, 11) is 0. The Morgan fingerprint density at radius 3 is 2.35 bits per heavy atom. The lowest BCUT2D eigenvalue weighted by Gasteiger charge is -2.45. The maximum absolute atomic E-state index is 13.1. The first-order chi connectivity index (χ1) is 10.8. The Morgan fingerprint density at radius 2 is 1.65 bits per heavy atom. The molecule has 2 aromatic carbocycles. The molecule has 0 radical (unpaired) electrons. The molecule has 1 unspecified atom stereocenters. The molecular formula is C21H25NO. The van der Waals surface area contributed by atoms with E-state index in [1.54, 1.807) is 0 Å². The second kappa shape index (κ2) is 5.61. The van der Waals surface area contributed by atoms with Crippen LogP contribution in [-0.2, 0) is 6.42 Å². The van der Waals surface area contributed by atoms with E-state index in [1.165, 1.54) is 11.1 Å². The summed E-state index contributed by atoms with van der Waals surface area (Å²) < 4.78 is 0. The predicted molar refractivity (Wildman–Crippen MR) is 94.7 cm³/mol. The Balaban J connectivity index is 2.04. The summed E-state index contributed by atoms with van der Waals surface area (Å²) in [6.07, 6.45) is 0.981. The van der Waals surface area contributed by atoms with E-state index in [9.17, 15) is 4.79 Å².